The van der Waals surface area contributed by atoms with Gasteiger partial charge in [-0.25, -0.2) is 9.97 Å². The third-order valence-electron chi connectivity index (χ3n) is 5.41. The molecule has 0 radical (unpaired) electrons. The van der Waals surface area contributed by atoms with E-state index in [-0.39, 0.29) is 11.7 Å². The van der Waals surface area contributed by atoms with E-state index >= 15 is 0 Å². The standard InChI is InChI=1S/C20H23ClN4O/c1-13-19-17(23-20(22-13)25-8-6-24(2)7-9-25)11-15(12-18(19)26)14-4-3-5-16(21)10-14/h3-5,10,15H,6-9,11-12H2,1-2H3/t15-/m1/s1. The van der Waals surface area contributed by atoms with E-state index in [4.69, 9.17) is 16.6 Å². The number of anilines is 1. The largest absolute Gasteiger partial charge is 0.338 e. The van der Waals surface area contributed by atoms with E-state index in [1.54, 1.807) is 0 Å². The normalized spacial score (nSPS) is 21.0. The van der Waals surface area contributed by atoms with Crippen molar-refractivity contribution in [1.82, 2.24) is 14.9 Å². The first kappa shape index (κ1) is 17.4. The van der Waals surface area contributed by atoms with E-state index < -0.39 is 0 Å². The van der Waals surface area contributed by atoms with Crippen molar-refractivity contribution in [3.05, 3.63) is 51.8 Å². The maximum Gasteiger partial charge on any atom is 0.225 e. The van der Waals surface area contributed by atoms with Crippen molar-refractivity contribution in [3.8, 4) is 0 Å². The fourth-order valence-electron chi connectivity index (χ4n) is 3.90. The molecule has 1 saturated heterocycles. The molecule has 0 amide bonds. The van der Waals surface area contributed by atoms with Crippen LogP contribution in [0.4, 0.5) is 5.95 Å². The molecule has 0 N–H and O–H groups in total. The van der Waals surface area contributed by atoms with Crippen LogP contribution in [-0.2, 0) is 6.42 Å². The van der Waals surface area contributed by atoms with Crippen LogP contribution in [0.25, 0.3) is 0 Å². The van der Waals surface area contributed by atoms with Crippen LogP contribution in [0.1, 0.15) is 39.6 Å². The van der Waals surface area contributed by atoms with Crippen molar-refractivity contribution in [1.29, 1.82) is 0 Å². The molecule has 0 spiro atoms. The number of piperazine rings is 1. The van der Waals surface area contributed by atoms with Crippen LogP contribution in [0.3, 0.4) is 0 Å². The molecule has 1 aliphatic heterocycles. The van der Waals surface area contributed by atoms with Crippen LogP contribution in [0, 0.1) is 6.92 Å². The van der Waals surface area contributed by atoms with Crippen molar-refractivity contribution in [2.45, 2.75) is 25.7 Å². The molecule has 0 unspecified atom stereocenters. The molecule has 5 nitrogen and oxygen atoms in total. The van der Waals surface area contributed by atoms with E-state index in [2.05, 4.69) is 21.8 Å². The Hall–Kier alpha value is -1.98. The zero-order valence-electron chi connectivity index (χ0n) is 15.2. The zero-order chi connectivity index (χ0) is 18.3. The number of benzene rings is 1. The first-order chi connectivity index (χ1) is 12.5. The van der Waals surface area contributed by atoms with Crippen molar-refractivity contribution in [2.75, 3.05) is 38.1 Å². The number of nitrogens with zero attached hydrogens (tertiary/aromatic N) is 4. The van der Waals surface area contributed by atoms with E-state index in [9.17, 15) is 4.79 Å². The van der Waals surface area contributed by atoms with E-state index in [0.717, 1.165) is 61.1 Å². The number of aromatic nitrogens is 2. The number of likely N-dealkylation sites (N-methyl/N-ethyl adjacent to an activating group) is 1. The fraction of sp³-hybridized carbons (Fsp3) is 0.450. The summed E-state index contributed by atoms with van der Waals surface area (Å²) in [6.07, 6.45) is 1.25. The topological polar surface area (TPSA) is 49.3 Å². The van der Waals surface area contributed by atoms with E-state index in [0.29, 0.717) is 11.4 Å². The van der Waals surface area contributed by atoms with Crippen LogP contribution in [-0.4, -0.2) is 53.9 Å². The molecule has 2 heterocycles. The molecule has 1 aliphatic carbocycles. The number of aryl methyl sites for hydroxylation is 1. The number of carbonyl (C=O) groups excluding carboxylic acids is 1. The summed E-state index contributed by atoms with van der Waals surface area (Å²) in [6, 6.07) is 7.81. The maximum absolute atomic E-state index is 12.8. The molecule has 0 bridgehead atoms. The van der Waals surface area contributed by atoms with Gasteiger partial charge in [0.2, 0.25) is 5.95 Å². The number of halogens is 1. The summed E-state index contributed by atoms with van der Waals surface area (Å²) >= 11 is 6.14. The molecule has 4 rings (SSSR count). The second kappa shape index (κ2) is 6.97. The van der Waals surface area contributed by atoms with E-state index in [1.807, 2.05) is 31.2 Å². The average molecular weight is 371 g/mol. The molecule has 1 aromatic carbocycles. The predicted octanol–water partition coefficient (Wildman–Crippen LogP) is 3.10. The minimum Gasteiger partial charge on any atom is -0.338 e. The molecule has 0 saturated carbocycles. The lowest BCUT2D eigenvalue weighted by Gasteiger charge is -2.33. The molecular weight excluding hydrogens is 348 g/mol. The highest BCUT2D eigenvalue weighted by molar-refractivity contribution is 6.30. The lowest BCUT2D eigenvalue weighted by Crippen LogP contribution is -2.45. The third kappa shape index (κ3) is 3.33. The smallest absolute Gasteiger partial charge is 0.225 e. The molecule has 26 heavy (non-hydrogen) atoms. The summed E-state index contributed by atoms with van der Waals surface area (Å²) < 4.78 is 0. The van der Waals surface area contributed by atoms with Gasteiger partial charge in [0.15, 0.2) is 5.78 Å². The molecule has 1 fully saturated rings. The second-order valence-corrected chi connectivity index (χ2v) is 7.74. The van der Waals surface area contributed by atoms with Gasteiger partial charge in [-0.1, -0.05) is 23.7 Å². The average Bonchev–Trinajstić information content (AvgIpc) is 2.61. The Morgan fingerprint density at radius 1 is 1.12 bits per heavy atom. The predicted molar refractivity (Wildman–Crippen MR) is 103 cm³/mol. The Labute approximate surface area is 159 Å². The van der Waals surface area contributed by atoms with Gasteiger partial charge in [0.1, 0.15) is 0 Å². The first-order valence-electron chi connectivity index (χ1n) is 9.11. The molecule has 1 aromatic heterocycles. The maximum atomic E-state index is 12.8. The number of carbonyl (C=O) groups is 1. The van der Waals surface area contributed by atoms with Crippen LogP contribution < -0.4 is 4.90 Å². The van der Waals surface area contributed by atoms with Crippen molar-refractivity contribution < 1.29 is 4.79 Å². The molecular formula is C20H23ClN4O. The molecule has 1 atom stereocenters. The summed E-state index contributed by atoms with van der Waals surface area (Å²) in [4.78, 5) is 26.8. The number of hydrogen-bond donors (Lipinski definition) is 0. The first-order valence-corrected chi connectivity index (χ1v) is 9.48. The number of Topliss-reactive ketones (excluding diaryl/α,β-unsaturated/α-hetero) is 1. The third-order valence-corrected chi connectivity index (χ3v) is 5.64. The highest BCUT2D eigenvalue weighted by Crippen LogP contribution is 2.34. The highest BCUT2D eigenvalue weighted by Gasteiger charge is 2.31. The van der Waals surface area contributed by atoms with Crippen molar-refractivity contribution in [2.24, 2.45) is 0 Å². The second-order valence-electron chi connectivity index (χ2n) is 7.30. The minimum absolute atomic E-state index is 0.128. The Bertz CT molecular complexity index is 846. The van der Waals surface area contributed by atoms with Gasteiger partial charge in [0.25, 0.3) is 0 Å². The van der Waals surface area contributed by atoms with Gasteiger partial charge < -0.3 is 9.80 Å². The summed E-state index contributed by atoms with van der Waals surface area (Å²) in [5, 5.41) is 0.706. The highest BCUT2D eigenvalue weighted by atomic mass is 35.5. The zero-order valence-corrected chi connectivity index (χ0v) is 16.0. The van der Waals surface area contributed by atoms with Crippen molar-refractivity contribution in [3.63, 3.8) is 0 Å². The Morgan fingerprint density at radius 3 is 2.62 bits per heavy atom. The van der Waals surface area contributed by atoms with Gasteiger partial charge in [0.05, 0.1) is 17.0 Å². The fourth-order valence-corrected chi connectivity index (χ4v) is 4.10. The summed E-state index contributed by atoms with van der Waals surface area (Å²) in [6.45, 7) is 5.77. The SMILES string of the molecule is Cc1nc(N2CCN(C)CC2)nc2c1C(=O)C[C@H](c1cccc(Cl)c1)C2. The number of fused-ring (bicyclic) bond motifs is 1. The lowest BCUT2D eigenvalue weighted by atomic mass is 9.81. The molecule has 136 valence electrons. The summed E-state index contributed by atoms with van der Waals surface area (Å²) in [7, 11) is 2.13. The Morgan fingerprint density at radius 2 is 1.88 bits per heavy atom. The van der Waals surface area contributed by atoms with Crippen LogP contribution in [0.15, 0.2) is 24.3 Å². The Kier molecular flexibility index (Phi) is 4.67. The molecule has 6 heteroatoms. The van der Waals surface area contributed by atoms with Gasteiger partial charge in [-0.15, -0.1) is 0 Å². The quantitative estimate of drug-likeness (QED) is 0.813. The van der Waals surface area contributed by atoms with Crippen molar-refractivity contribution >= 4 is 23.3 Å². The van der Waals surface area contributed by atoms with Gasteiger partial charge >= 0.3 is 0 Å². The van der Waals surface area contributed by atoms with Crippen LogP contribution in [0.2, 0.25) is 5.02 Å². The van der Waals surface area contributed by atoms with Gasteiger partial charge in [-0.2, -0.15) is 0 Å². The monoisotopic (exact) mass is 370 g/mol. The van der Waals surface area contributed by atoms with Gasteiger partial charge in [-0.3, -0.25) is 4.79 Å². The summed E-state index contributed by atoms with van der Waals surface area (Å²) in [5.41, 5.74) is 3.51. The van der Waals surface area contributed by atoms with Crippen LogP contribution in [0.5, 0.6) is 0 Å². The number of ketones is 1. The summed E-state index contributed by atoms with van der Waals surface area (Å²) in [5.74, 6) is 1.02. The minimum atomic E-state index is 0.128. The Balaban J connectivity index is 1.66. The van der Waals surface area contributed by atoms with Gasteiger partial charge in [-0.05, 0) is 44.0 Å². The van der Waals surface area contributed by atoms with E-state index in [1.165, 1.54) is 0 Å². The van der Waals surface area contributed by atoms with Gasteiger partial charge in [0, 0.05) is 37.6 Å². The number of rotatable bonds is 2. The molecule has 2 aromatic rings. The van der Waals surface area contributed by atoms with Crippen LogP contribution >= 0.6 is 11.6 Å². The number of hydrogen-bond acceptors (Lipinski definition) is 5. The lowest BCUT2D eigenvalue weighted by molar-refractivity contribution is 0.0962. The molecule has 2 aliphatic rings.